The summed E-state index contributed by atoms with van der Waals surface area (Å²) in [6.45, 7) is 3.90. The van der Waals surface area contributed by atoms with E-state index in [1.165, 1.54) is 12.1 Å². The molecule has 0 radical (unpaired) electrons. The lowest BCUT2D eigenvalue weighted by Gasteiger charge is -2.19. The molecule has 1 aliphatic heterocycles. The van der Waals surface area contributed by atoms with E-state index >= 15 is 0 Å². The Morgan fingerprint density at radius 1 is 0.519 bits per heavy atom. The maximum Gasteiger partial charge on any atom is 0.417 e. The number of carbonyl (C=O) groups excluding carboxylic acids is 2. The number of halogens is 6. The molecule has 0 N–H and O–H groups in total. The van der Waals surface area contributed by atoms with Crippen molar-refractivity contribution < 1.29 is 35.9 Å². The number of hydrogen-bond donors (Lipinski definition) is 0. The predicted molar refractivity (Wildman–Crippen MR) is 189 cm³/mol. The van der Waals surface area contributed by atoms with Gasteiger partial charge in [0.05, 0.1) is 44.7 Å². The molecule has 0 unspecified atom stereocenters. The normalized spacial score (nSPS) is 13.4. The molecule has 2 heterocycles. The van der Waals surface area contributed by atoms with Gasteiger partial charge in [-0.05, 0) is 66.9 Å². The van der Waals surface area contributed by atoms with Crippen molar-refractivity contribution in [2.75, 3.05) is 4.90 Å². The second kappa shape index (κ2) is 11.7. The topological polar surface area (TPSA) is 42.3 Å². The molecule has 1 aromatic heterocycles. The molecular weight excluding hydrogens is 678 g/mol. The molecule has 0 fully saturated rings. The third-order valence-electron chi connectivity index (χ3n) is 9.57. The number of benzene rings is 6. The highest BCUT2D eigenvalue weighted by molar-refractivity contribution is 6.36. The number of amides is 2. The Labute approximate surface area is 293 Å². The molecule has 0 aliphatic carbocycles. The number of aromatic nitrogens is 1. The van der Waals surface area contributed by atoms with Crippen LogP contribution in [-0.4, -0.2) is 16.4 Å². The van der Waals surface area contributed by atoms with Crippen LogP contribution in [-0.2, 0) is 12.4 Å². The zero-order valence-electron chi connectivity index (χ0n) is 27.5. The van der Waals surface area contributed by atoms with Crippen molar-refractivity contribution in [3.05, 3.63) is 155 Å². The van der Waals surface area contributed by atoms with E-state index in [-0.39, 0.29) is 34.0 Å². The standard InChI is InChI=1S/C42H26F6N2O2/c1-23-17-19-27(24(2)21-23)29-11-6-13-31-32-14-7-12-30(28-20-18-25(41(43,44)45)22-34(28)42(46,47)48)38(32)50(37(29)31)35-16-8-15-33-36(35)40(52)49(39(33)51)26-9-4-3-5-10-26/h3-22H,1-2H3. The summed E-state index contributed by atoms with van der Waals surface area (Å²) in [4.78, 5) is 29.3. The van der Waals surface area contributed by atoms with E-state index < -0.39 is 40.9 Å². The van der Waals surface area contributed by atoms with Crippen LogP contribution in [0, 0.1) is 13.8 Å². The van der Waals surface area contributed by atoms with Gasteiger partial charge in [-0.2, -0.15) is 26.3 Å². The number of hydrogen-bond acceptors (Lipinski definition) is 2. The Balaban J connectivity index is 1.53. The number of rotatable bonds is 4. The molecule has 1 aliphatic rings. The molecule has 0 spiro atoms. The number of nitrogens with zero attached hydrogens (tertiary/aromatic N) is 2. The van der Waals surface area contributed by atoms with Crippen molar-refractivity contribution in [1.29, 1.82) is 0 Å². The molecule has 52 heavy (non-hydrogen) atoms. The van der Waals surface area contributed by atoms with Gasteiger partial charge in [-0.3, -0.25) is 9.59 Å². The quantitative estimate of drug-likeness (QED) is 0.135. The van der Waals surface area contributed by atoms with E-state index in [1.54, 1.807) is 59.2 Å². The summed E-state index contributed by atoms with van der Waals surface area (Å²) in [5.41, 5.74) is 1.62. The highest BCUT2D eigenvalue weighted by atomic mass is 19.4. The summed E-state index contributed by atoms with van der Waals surface area (Å²) in [6.07, 6.45) is -10.2. The van der Waals surface area contributed by atoms with E-state index in [2.05, 4.69) is 0 Å². The second-order valence-corrected chi connectivity index (χ2v) is 12.8. The minimum absolute atomic E-state index is 0.00406. The van der Waals surface area contributed by atoms with Crippen LogP contribution in [0.4, 0.5) is 32.0 Å². The average Bonchev–Trinajstić information content (AvgIpc) is 3.59. The number of aryl methyl sites for hydroxylation is 2. The maximum absolute atomic E-state index is 14.7. The first kappa shape index (κ1) is 33.0. The van der Waals surface area contributed by atoms with Crippen molar-refractivity contribution in [2.45, 2.75) is 26.2 Å². The fourth-order valence-electron chi connectivity index (χ4n) is 7.36. The molecule has 7 aromatic rings. The first-order valence-electron chi connectivity index (χ1n) is 16.3. The second-order valence-electron chi connectivity index (χ2n) is 12.8. The highest BCUT2D eigenvalue weighted by Gasteiger charge is 2.41. The number of imide groups is 1. The number of fused-ring (bicyclic) bond motifs is 4. The van der Waals surface area contributed by atoms with Crippen LogP contribution in [0.1, 0.15) is 43.0 Å². The lowest BCUT2D eigenvalue weighted by Crippen LogP contribution is -2.29. The van der Waals surface area contributed by atoms with Crippen molar-refractivity contribution in [2.24, 2.45) is 0 Å². The molecule has 0 atom stereocenters. The number of alkyl halides is 6. The van der Waals surface area contributed by atoms with Gasteiger partial charge in [-0.25, -0.2) is 4.90 Å². The van der Waals surface area contributed by atoms with E-state index in [0.29, 0.717) is 33.6 Å². The maximum atomic E-state index is 14.7. The summed E-state index contributed by atoms with van der Waals surface area (Å²) < 4.78 is 87.1. The fourth-order valence-corrected chi connectivity index (χ4v) is 7.36. The molecule has 0 saturated carbocycles. The zero-order valence-corrected chi connectivity index (χ0v) is 27.5. The minimum atomic E-state index is -5.15. The van der Waals surface area contributed by atoms with Gasteiger partial charge in [0.2, 0.25) is 0 Å². The van der Waals surface area contributed by atoms with Crippen molar-refractivity contribution >= 4 is 39.3 Å². The molecule has 2 amide bonds. The highest BCUT2D eigenvalue weighted by Crippen LogP contribution is 2.47. The van der Waals surface area contributed by atoms with E-state index in [1.807, 2.05) is 50.2 Å². The van der Waals surface area contributed by atoms with Gasteiger partial charge in [0, 0.05) is 21.9 Å². The summed E-state index contributed by atoms with van der Waals surface area (Å²) in [5, 5.41) is 1.13. The molecular formula is C42H26F6N2O2. The fraction of sp³-hybridized carbons (Fsp3) is 0.0952. The van der Waals surface area contributed by atoms with Crippen LogP contribution in [0.5, 0.6) is 0 Å². The average molecular weight is 705 g/mol. The van der Waals surface area contributed by atoms with Crippen LogP contribution in [0.25, 0.3) is 49.7 Å². The largest absolute Gasteiger partial charge is 0.417 e. The molecule has 0 saturated heterocycles. The van der Waals surface area contributed by atoms with Crippen LogP contribution in [0.15, 0.2) is 121 Å². The Bertz CT molecular complexity index is 2620. The van der Waals surface area contributed by atoms with Crippen LogP contribution >= 0.6 is 0 Å². The zero-order chi connectivity index (χ0) is 36.7. The Morgan fingerprint density at radius 2 is 1.12 bits per heavy atom. The smallest absolute Gasteiger partial charge is 0.307 e. The number of anilines is 1. The third-order valence-corrected chi connectivity index (χ3v) is 9.57. The summed E-state index contributed by atoms with van der Waals surface area (Å²) in [7, 11) is 0. The van der Waals surface area contributed by atoms with Crippen LogP contribution in [0.2, 0.25) is 0 Å². The van der Waals surface area contributed by atoms with Gasteiger partial charge in [0.15, 0.2) is 0 Å². The Hall–Kier alpha value is -6.16. The molecule has 8 rings (SSSR count). The number of carbonyl (C=O) groups is 2. The van der Waals surface area contributed by atoms with Gasteiger partial charge < -0.3 is 4.57 Å². The van der Waals surface area contributed by atoms with E-state index in [0.717, 1.165) is 27.7 Å². The predicted octanol–water partition coefficient (Wildman–Crippen LogP) is 11.6. The summed E-state index contributed by atoms with van der Waals surface area (Å²) >= 11 is 0. The lowest BCUT2D eigenvalue weighted by atomic mass is 9.94. The molecule has 4 nitrogen and oxygen atoms in total. The molecule has 258 valence electrons. The van der Waals surface area contributed by atoms with Crippen molar-refractivity contribution in [1.82, 2.24) is 4.57 Å². The summed E-state index contributed by atoms with van der Waals surface area (Å²) in [5.74, 6) is -1.19. The van der Waals surface area contributed by atoms with Gasteiger partial charge in [0.25, 0.3) is 11.8 Å². The molecule has 0 bridgehead atoms. The molecule has 6 aromatic carbocycles. The first-order chi connectivity index (χ1) is 24.8. The Morgan fingerprint density at radius 3 is 1.73 bits per heavy atom. The van der Waals surface area contributed by atoms with Gasteiger partial charge >= 0.3 is 12.4 Å². The van der Waals surface area contributed by atoms with Gasteiger partial charge in [0.1, 0.15) is 0 Å². The van der Waals surface area contributed by atoms with Crippen molar-refractivity contribution in [3.63, 3.8) is 0 Å². The van der Waals surface area contributed by atoms with Gasteiger partial charge in [-0.1, -0.05) is 90.5 Å². The van der Waals surface area contributed by atoms with Crippen LogP contribution in [0.3, 0.4) is 0 Å². The first-order valence-corrected chi connectivity index (χ1v) is 16.3. The molecule has 10 heteroatoms. The van der Waals surface area contributed by atoms with E-state index in [9.17, 15) is 35.9 Å². The van der Waals surface area contributed by atoms with E-state index in [4.69, 9.17) is 0 Å². The third kappa shape index (κ3) is 5.08. The lowest BCUT2D eigenvalue weighted by molar-refractivity contribution is -0.142. The van der Waals surface area contributed by atoms with Gasteiger partial charge in [-0.15, -0.1) is 0 Å². The summed E-state index contributed by atoms with van der Waals surface area (Å²) in [6, 6.07) is 30.9. The SMILES string of the molecule is Cc1ccc(-c2cccc3c4cccc(-c5ccc(C(F)(F)F)cc5C(F)(F)F)c4n(-c4cccc5c4C(=O)N(c4ccccc4)C5=O)c23)c(C)c1. The number of para-hydroxylation sites is 3. The minimum Gasteiger partial charge on any atom is -0.307 e. The van der Waals surface area contributed by atoms with Crippen molar-refractivity contribution in [3.8, 4) is 27.9 Å². The Kier molecular flexibility index (Phi) is 7.42. The van der Waals surface area contributed by atoms with Crippen LogP contribution < -0.4 is 4.90 Å². The monoisotopic (exact) mass is 704 g/mol.